The average molecular weight is 468 g/mol. The van der Waals surface area contributed by atoms with E-state index in [1.165, 1.54) is 0 Å². The van der Waals surface area contributed by atoms with Gasteiger partial charge in [0.2, 0.25) is 5.91 Å². The van der Waals surface area contributed by atoms with Crippen LogP contribution in [0, 0.1) is 5.92 Å². The molecule has 0 fully saturated rings. The van der Waals surface area contributed by atoms with Crippen LogP contribution >= 0.6 is 0 Å². The number of likely N-dealkylation sites (N-methyl/N-ethyl adjacent to an activating group) is 1. The molecule has 3 rings (SSSR count). The normalized spacial score (nSPS) is 14.1. The van der Waals surface area contributed by atoms with Crippen LogP contribution in [0.4, 0.5) is 4.79 Å². The summed E-state index contributed by atoms with van der Waals surface area (Å²) in [5.74, 6) is -2.08. The van der Waals surface area contributed by atoms with Crippen molar-refractivity contribution >= 4 is 18.0 Å². The fourth-order valence-corrected chi connectivity index (χ4v) is 4.37. The fraction of sp³-hybridized carbons (Fsp3) is 0.423. The molecular formula is C26H33N3O5. The van der Waals surface area contributed by atoms with Gasteiger partial charge in [0.05, 0.1) is 5.92 Å². The standard InChI is InChI=1S/C26H33N3O5/c1-4-9-17(24(30)28-23(25(31)32)15-29(2)3)14-27-26(33)34-16-22-20-12-7-5-10-18(20)19-11-6-8-13-21(19)22/h5-8,10-13,17,22-23H,4,9,14-16H2,1-3H3,(H,27,33)(H,28,30)(H,31,32). The maximum Gasteiger partial charge on any atom is 0.407 e. The summed E-state index contributed by atoms with van der Waals surface area (Å²) in [6.07, 6.45) is 0.637. The van der Waals surface area contributed by atoms with Gasteiger partial charge < -0.3 is 25.4 Å². The van der Waals surface area contributed by atoms with Gasteiger partial charge in [0.25, 0.3) is 0 Å². The first kappa shape index (κ1) is 25.2. The summed E-state index contributed by atoms with van der Waals surface area (Å²) < 4.78 is 5.54. The number of aliphatic carboxylic acids is 1. The third-order valence-electron chi connectivity index (χ3n) is 6.01. The maximum absolute atomic E-state index is 12.7. The summed E-state index contributed by atoms with van der Waals surface area (Å²) in [5.41, 5.74) is 4.55. The molecule has 0 saturated heterocycles. The summed E-state index contributed by atoms with van der Waals surface area (Å²) >= 11 is 0. The van der Waals surface area contributed by atoms with E-state index in [0.29, 0.717) is 6.42 Å². The van der Waals surface area contributed by atoms with Crippen LogP contribution in [0.2, 0.25) is 0 Å². The molecule has 2 amide bonds. The summed E-state index contributed by atoms with van der Waals surface area (Å²) in [6, 6.07) is 15.2. The number of fused-ring (bicyclic) bond motifs is 3. The SMILES string of the molecule is CCCC(CNC(=O)OCC1c2ccccc2-c2ccccc21)C(=O)NC(CN(C)C)C(=O)O. The van der Waals surface area contributed by atoms with Crippen LogP contribution in [-0.4, -0.2) is 67.8 Å². The molecule has 1 aliphatic rings. The summed E-state index contributed by atoms with van der Waals surface area (Å²) in [5, 5.41) is 14.6. The minimum Gasteiger partial charge on any atom is -0.480 e. The van der Waals surface area contributed by atoms with Gasteiger partial charge in [0.15, 0.2) is 0 Å². The first-order valence-corrected chi connectivity index (χ1v) is 11.6. The number of ether oxygens (including phenoxy) is 1. The van der Waals surface area contributed by atoms with E-state index in [2.05, 4.69) is 34.9 Å². The van der Waals surface area contributed by atoms with Crippen molar-refractivity contribution < 1.29 is 24.2 Å². The highest BCUT2D eigenvalue weighted by molar-refractivity contribution is 5.85. The Morgan fingerprint density at radius 1 is 1.03 bits per heavy atom. The van der Waals surface area contributed by atoms with Crippen LogP contribution in [0.3, 0.4) is 0 Å². The van der Waals surface area contributed by atoms with E-state index in [4.69, 9.17) is 4.74 Å². The lowest BCUT2D eigenvalue weighted by atomic mass is 9.98. The molecule has 8 heteroatoms. The smallest absolute Gasteiger partial charge is 0.407 e. The molecule has 0 spiro atoms. The molecule has 182 valence electrons. The van der Waals surface area contributed by atoms with Gasteiger partial charge in [-0.25, -0.2) is 9.59 Å². The number of nitrogens with one attached hydrogen (secondary N) is 2. The second-order valence-corrected chi connectivity index (χ2v) is 8.85. The molecule has 0 aromatic heterocycles. The van der Waals surface area contributed by atoms with E-state index in [9.17, 15) is 19.5 Å². The van der Waals surface area contributed by atoms with E-state index in [-0.39, 0.29) is 25.6 Å². The number of carbonyl (C=O) groups excluding carboxylic acids is 2. The van der Waals surface area contributed by atoms with E-state index in [1.54, 1.807) is 19.0 Å². The van der Waals surface area contributed by atoms with E-state index in [1.807, 2.05) is 31.2 Å². The van der Waals surface area contributed by atoms with Crippen LogP contribution in [0.15, 0.2) is 48.5 Å². The van der Waals surface area contributed by atoms with Crippen LogP contribution in [0.5, 0.6) is 0 Å². The number of hydrogen-bond acceptors (Lipinski definition) is 5. The predicted octanol–water partition coefficient (Wildman–Crippen LogP) is 3.07. The van der Waals surface area contributed by atoms with Gasteiger partial charge in [-0.2, -0.15) is 0 Å². The lowest BCUT2D eigenvalue weighted by Gasteiger charge is -2.22. The third kappa shape index (κ3) is 6.14. The zero-order chi connectivity index (χ0) is 24.7. The number of rotatable bonds is 11. The van der Waals surface area contributed by atoms with Crippen molar-refractivity contribution in [2.45, 2.75) is 31.7 Å². The second kappa shape index (κ2) is 11.7. The highest BCUT2D eigenvalue weighted by atomic mass is 16.5. The molecule has 0 heterocycles. The first-order chi connectivity index (χ1) is 16.3. The number of nitrogens with zero attached hydrogens (tertiary/aromatic N) is 1. The maximum atomic E-state index is 12.7. The number of carbonyl (C=O) groups is 3. The Bertz CT molecular complexity index is 978. The van der Waals surface area contributed by atoms with Crippen LogP contribution in [-0.2, 0) is 14.3 Å². The van der Waals surface area contributed by atoms with Gasteiger partial charge in [-0.15, -0.1) is 0 Å². The number of amides is 2. The van der Waals surface area contributed by atoms with Gasteiger partial charge in [-0.3, -0.25) is 4.79 Å². The summed E-state index contributed by atoms with van der Waals surface area (Å²) in [4.78, 5) is 38.3. The van der Waals surface area contributed by atoms with E-state index >= 15 is 0 Å². The molecule has 1 aliphatic carbocycles. The average Bonchev–Trinajstić information content (AvgIpc) is 3.13. The van der Waals surface area contributed by atoms with E-state index in [0.717, 1.165) is 28.7 Å². The Kier molecular flexibility index (Phi) is 8.65. The van der Waals surface area contributed by atoms with E-state index < -0.39 is 29.9 Å². The van der Waals surface area contributed by atoms with Crippen molar-refractivity contribution in [2.24, 2.45) is 5.92 Å². The molecule has 0 aliphatic heterocycles. The number of alkyl carbamates (subject to hydrolysis) is 1. The van der Waals surface area contributed by atoms with Crippen LogP contribution in [0.25, 0.3) is 11.1 Å². The van der Waals surface area contributed by atoms with Crippen molar-refractivity contribution in [3.8, 4) is 11.1 Å². The van der Waals surface area contributed by atoms with Gasteiger partial charge in [0, 0.05) is 19.0 Å². The quantitative estimate of drug-likeness (QED) is 0.469. The molecular weight excluding hydrogens is 434 g/mol. The zero-order valence-electron chi connectivity index (χ0n) is 19.9. The molecule has 2 aromatic carbocycles. The number of hydrogen-bond donors (Lipinski definition) is 3. The Hall–Kier alpha value is -3.39. The van der Waals surface area contributed by atoms with Crippen molar-refractivity contribution in [2.75, 3.05) is 33.8 Å². The molecule has 2 unspecified atom stereocenters. The minimum absolute atomic E-state index is 0.0461. The summed E-state index contributed by atoms with van der Waals surface area (Å²) in [6.45, 7) is 2.38. The Morgan fingerprint density at radius 3 is 2.15 bits per heavy atom. The molecule has 0 bridgehead atoms. The second-order valence-electron chi connectivity index (χ2n) is 8.85. The van der Waals surface area contributed by atoms with Crippen LogP contribution in [0.1, 0.15) is 36.8 Å². The summed E-state index contributed by atoms with van der Waals surface area (Å²) in [7, 11) is 3.48. The van der Waals surface area contributed by atoms with Crippen molar-refractivity contribution in [1.82, 2.24) is 15.5 Å². The molecule has 2 aromatic rings. The highest BCUT2D eigenvalue weighted by Crippen LogP contribution is 2.44. The van der Waals surface area contributed by atoms with Gasteiger partial charge >= 0.3 is 12.1 Å². The Balaban J connectivity index is 1.57. The first-order valence-electron chi connectivity index (χ1n) is 11.6. The van der Waals surface area contributed by atoms with Gasteiger partial charge in [-0.05, 0) is 42.8 Å². The minimum atomic E-state index is -1.10. The lowest BCUT2D eigenvalue weighted by Crippen LogP contribution is -2.50. The number of benzene rings is 2. The van der Waals surface area contributed by atoms with Crippen molar-refractivity contribution in [3.05, 3.63) is 59.7 Å². The third-order valence-corrected chi connectivity index (χ3v) is 6.01. The predicted molar refractivity (Wildman–Crippen MR) is 130 cm³/mol. The largest absolute Gasteiger partial charge is 0.480 e. The number of carboxylic acids is 1. The zero-order valence-corrected chi connectivity index (χ0v) is 19.9. The fourth-order valence-electron chi connectivity index (χ4n) is 4.37. The monoisotopic (exact) mass is 467 g/mol. The van der Waals surface area contributed by atoms with Gasteiger partial charge in [0.1, 0.15) is 12.6 Å². The molecule has 0 radical (unpaired) electrons. The Morgan fingerprint density at radius 2 is 1.62 bits per heavy atom. The molecule has 3 N–H and O–H groups in total. The molecule has 0 saturated carbocycles. The molecule has 8 nitrogen and oxygen atoms in total. The Labute approximate surface area is 200 Å². The molecule has 2 atom stereocenters. The van der Waals surface area contributed by atoms with Crippen molar-refractivity contribution in [3.63, 3.8) is 0 Å². The lowest BCUT2D eigenvalue weighted by molar-refractivity contribution is -0.142. The number of carboxylic acid groups (broad SMARTS) is 1. The van der Waals surface area contributed by atoms with Gasteiger partial charge in [-0.1, -0.05) is 61.9 Å². The molecule has 34 heavy (non-hydrogen) atoms. The van der Waals surface area contributed by atoms with Crippen molar-refractivity contribution in [1.29, 1.82) is 0 Å². The highest BCUT2D eigenvalue weighted by Gasteiger charge is 2.29. The topological polar surface area (TPSA) is 108 Å². The van der Waals surface area contributed by atoms with Crippen LogP contribution < -0.4 is 10.6 Å².